The van der Waals surface area contributed by atoms with Crippen LogP contribution in [0.25, 0.3) is 0 Å². The third-order valence-electron chi connectivity index (χ3n) is 3.34. The number of likely N-dealkylation sites (tertiary alicyclic amines) is 1. The minimum Gasteiger partial charge on any atom is -0.369 e. The van der Waals surface area contributed by atoms with Crippen LogP contribution in [0.4, 0.5) is 0 Å². The molecule has 1 fully saturated rings. The van der Waals surface area contributed by atoms with Gasteiger partial charge in [0.1, 0.15) is 0 Å². The second kappa shape index (κ2) is 6.81. The molecule has 0 aliphatic carbocycles. The molecule has 100 valence electrons. The van der Waals surface area contributed by atoms with E-state index in [0.717, 1.165) is 12.8 Å². The molecule has 17 heavy (non-hydrogen) atoms. The van der Waals surface area contributed by atoms with Crippen molar-refractivity contribution >= 4 is 24.2 Å². The molecule has 3 unspecified atom stereocenters. The number of carbonyl (C=O) groups excluding carboxylic acids is 2. The molecular formula is C11H22ClN3O2. The van der Waals surface area contributed by atoms with Gasteiger partial charge in [-0.25, -0.2) is 0 Å². The number of carbonyl (C=O) groups is 2. The van der Waals surface area contributed by atoms with Crippen LogP contribution < -0.4 is 11.5 Å². The molecule has 5 nitrogen and oxygen atoms in total. The highest BCUT2D eigenvalue weighted by Crippen LogP contribution is 2.23. The fourth-order valence-corrected chi connectivity index (χ4v) is 2.03. The Kier molecular flexibility index (Phi) is 6.49. The quantitative estimate of drug-likeness (QED) is 0.758. The van der Waals surface area contributed by atoms with Gasteiger partial charge in [0.05, 0.1) is 5.92 Å². The van der Waals surface area contributed by atoms with Crippen LogP contribution in [0, 0.1) is 11.8 Å². The van der Waals surface area contributed by atoms with E-state index < -0.39 is 0 Å². The molecule has 3 atom stereocenters. The Labute approximate surface area is 108 Å². The average molecular weight is 264 g/mol. The second-order valence-corrected chi connectivity index (χ2v) is 4.65. The maximum atomic E-state index is 12.0. The highest BCUT2D eigenvalue weighted by molar-refractivity contribution is 5.85. The van der Waals surface area contributed by atoms with Gasteiger partial charge in [0.25, 0.3) is 0 Å². The highest BCUT2D eigenvalue weighted by Gasteiger charge is 2.32. The Bertz CT molecular complexity index is 286. The van der Waals surface area contributed by atoms with Crippen molar-refractivity contribution in [3.63, 3.8) is 0 Å². The second-order valence-electron chi connectivity index (χ2n) is 4.65. The summed E-state index contributed by atoms with van der Waals surface area (Å²) in [5.41, 5.74) is 10.8. The number of halogens is 1. The first kappa shape index (κ1) is 16.2. The van der Waals surface area contributed by atoms with Crippen molar-refractivity contribution in [2.45, 2.75) is 32.7 Å². The van der Waals surface area contributed by atoms with Crippen LogP contribution in [0.1, 0.15) is 26.7 Å². The Hall–Kier alpha value is -0.810. The van der Waals surface area contributed by atoms with E-state index in [9.17, 15) is 9.59 Å². The Morgan fingerprint density at radius 3 is 2.47 bits per heavy atom. The monoisotopic (exact) mass is 263 g/mol. The summed E-state index contributed by atoms with van der Waals surface area (Å²) in [4.78, 5) is 24.9. The summed E-state index contributed by atoms with van der Waals surface area (Å²) >= 11 is 0. The molecule has 0 radical (unpaired) electrons. The van der Waals surface area contributed by atoms with E-state index in [2.05, 4.69) is 0 Å². The van der Waals surface area contributed by atoms with E-state index in [1.165, 1.54) is 0 Å². The van der Waals surface area contributed by atoms with Gasteiger partial charge in [-0.1, -0.05) is 6.92 Å². The van der Waals surface area contributed by atoms with Crippen molar-refractivity contribution in [1.82, 2.24) is 4.90 Å². The fraction of sp³-hybridized carbons (Fsp3) is 0.818. The van der Waals surface area contributed by atoms with Crippen molar-refractivity contribution in [1.29, 1.82) is 0 Å². The topological polar surface area (TPSA) is 89.4 Å². The number of piperidine rings is 1. The Morgan fingerprint density at radius 1 is 1.41 bits per heavy atom. The average Bonchev–Trinajstić information content (AvgIpc) is 2.27. The third-order valence-corrected chi connectivity index (χ3v) is 3.34. The molecule has 0 bridgehead atoms. The van der Waals surface area contributed by atoms with Crippen LogP contribution in [-0.2, 0) is 9.59 Å². The summed E-state index contributed by atoms with van der Waals surface area (Å²) in [6.45, 7) is 4.59. The molecule has 6 heteroatoms. The molecule has 0 aromatic rings. The molecule has 1 aliphatic heterocycles. The Balaban J connectivity index is 0.00000256. The lowest BCUT2D eigenvalue weighted by molar-refractivity contribution is -0.140. The number of rotatable bonds is 3. The van der Waals surface area contributed by atoms with Gasteiger partial charge in [0.15, 0.2) is 0 Å². The van der Waals surface area contributed by atoms with Crippen LogP contribution >= 0.6 is 12.4 Å². The summed E-state index contributed by atoms with van der Waals surface area (Å²) in [7, 11) is 0. The van der Waals surface area contributed by atoms with Crippen LogP contribution in [0.2, 0.25) is 0 Å². The van der Waals surface area contributed by atoms with Crippen molar-refractivity contribution in [2.24, 2.45) is 23.3 Å². The predicted octanol–water partition coefficient (Wildman–Crippen LogP) is 0.115. The van der Waals surface area contributed by atoms with Gasteiger partial charge in [-0.2, -0.15) is 0 Å². The van der Waals surface area contributed by atoms with Crippen molar-refractivity contribution in [2.75, 3.05) is 13.1 Å². The normalized spacial score (nSPS) is 25.9. The number of primary amides is 1. The summed E-state index contributed by atoms with van der Waals surface area (Å²) in [6.07, 6.45) is 1.61. The number of nitrogens with two attached hydrogens (primary N) is 2. The number of amides is 2. The van der Waals surface area contributed by atoms with Crippen LogP contribution in [0.15, 0.2) is 0 Å². The molecule has 1 heterocycles. The highest BCUT2D eigenvalue weighted by atomic mass is 35.5. The molecule has 0 spiro atoms. The standard InChI is InChI=1S/C11H21N3O2.ClH/c1-7(5-12)11(16)14-6-9(10(13)15)4-3-8(14)2;/h7-9H,3-6,12H2,1-2H3,(H2,13,15);1H. The fourth-order valence-electron chi connectivity index (χ4n) is 2.03. The van der Waals surface area contributed by atoms with E-state index in [-0.39, 0.29) is 42.1 Å². The smallest absolute Gasteiger partial charge is 0.226 e. The predicted molar refractivity (Wildman–Crippen MR) is 68.6 cm³/mol. The van der Waals surface area contributed by atoms with E-state index in [0.29, 0.717) is 13.1 Å². The molecule has 4 N–H and O–H groups in total. The SMILES string of the molecule is CC(CN)C(=O)N1CC(C(N)=O)CCC1C.Cl. The zero-order valence-corrected chi connectivity index (χ0v) is 11.2. The minimum absolute atomic E-state index is 0. The van der Waals surface area contributed by atoms with E-state index in [1.807, 2.05) is 13.8 Å². The molecule has 0 aromatic carbocycles. The first-order chi connectivity index (χ1) is 7.47. The molecule has 0 saturated carbocycles. The molecule has 1 aliphatic rings. The van der Waals surface area contributed by atoms with Gasteiger partial charge in [0.2, 0.25) is 11.8 Å². The van der Waals surface area contributed by atoms with E-state index >= 15 is 0 Å². The largest absolute Gasteiger partial charge is 0.369 e. The molecule has 1 saturated heterocycles. The van der Waals surface area contributed by atoms with Crippen LogP contribution in [0.3, 0.4) is 0 Å². The summed E-state index contributed by atoms with van der Waals surface area (Å²) in [6, 6.07) is 0.178. The number of hydrogen-bond donors (Lipinski definition) is 2. The van der Waals surface area contributed by atoms with Gasteiger partial charge in [0, 0.05) is 25.0 Å². The summed E-state index contributed by atoms with van der Waals surface area (Å²) < 4.78 is 0. The van der Waals surface area contributed by atoms with Crippen molar-refractivity contribution in [3.05, 3.63) is 0 Å². The van der Waals surface area contributed by atoms with Gasteiger partial charge in [-0.05, 0) is 19.8 Å². The van der Waals surface area contributed by atoms with E-state index in [1.54, 1.807) is 4.90 Å². The van der Waals surface area contributed by atoms with Gasteiger partial charge in [-0.15, -0.1) is 12.4 Å². The van der Waals surface area contributed by atoms with E-state index in [4.69, 9.17) is 11.5 Å². The maximum Gasteiger partial charge on any atom is 0.226 e. The first-order valence-electron chi connectivity index (χ1n) is 5.77. The third kappa shape index (κ3) is 3.85. The first-order valence-corrected chi connectivity index (χ1v) is 5.77. The van der Waals surface area contributed by atoms with Crippen LogP contribution in [-0.4, -0.2) is 35.8 Å². The summed E-state index contributed by atoms with van der Waals surface area (Å²) in [5.74, 6) is -0.676. The molecule has 1 rings (SSSR count). The minimum atomic E-state index is -0.315. The van der Waals surface area contributed by atoms with Gasteiger partial charge in [-0.3, -0.25) is 9.59 Å². The molecular weight excluding hydrogens is 242 g/mol. The van der Waals surface area contributed by atoms with Crippen molar-refractivity contribution < 1.29 is 9.59 Å². The van der Waals surface area contributed by atoms with Gasteiger partial charge >= 0.3 is 0 Å². The lowest BCUT2D eigenvalue weighted by atomic mass is 9.92. The summed E-state index contributed by atoms with van der Waals surface area (Å²) in [5, 5.41) is 0. The van der Waals surface area contributed by atoms with Gasteiger partial charge < -0.3 is 16.4 Å². The lowest BCUT2D eigenvalue weighted by Crippen LogP contribution is -2.51. The van der Waals surface area contributed by atoms with Crippen molar-refractivity contribution in [3.8, 4) is 0 Å². The molecule has 0 aromatic heterocycles. The number of nitrogens with zero attached hydrogens (tertiary/aromatic N) is 1. The number of hydrogen-bond acceptors (Lipinski definition) is 3. The van der Waals surface area contributed by atoms with Crippen LogP contribution in [0.5, 0.6) is 0 Å². The molecule has 2 amide bonds. The lowest BCUT2D eigenvalue weighted by Gasteiger charge is -2.38. The maximum absolute atomic E-state index is 12.0. The zero-order chi connectivity index (χ0) is 12.3. The zero-order valence-electron chi connectivity index (χ0n) is 10.4. The Morgan fingerprint density at radius 2 is 2.00 bits per heavy atom.